The number of ether oxygens (including phenoxy) is 1. The van der Waals surface area contributed by atoms with Gasteiger partial charge in [-0.05, 0) is 5.56 Å². The first kappa shape index (κ1) is 6.63. The topological polar surface area (TPSA) is 21.3 Å². The van der Waals surface area contributed by atoms with Gasteiger partial charge in [-0.25, -0.2) is 0 Å². The van der Waals surface area contributed by atoms with Gasteiger partial charge < -0.3 is 10.1 Å². The molecule has 1 N–H and O–H groups in total. The molecule has 1 aromatic rings. The zero-order valence-corrected chi connectivity index (χ0v) is 6.92. The van der Waals surface area contributed by atoms with Gasteiger partial charge in [0.05, 0.1) is 14.1 Å². The Hall–Kier alpha value is -0.860. The Bertz CT molecular complexity index is 267. The van der Waals surface area contributed by atoms with Crippen LogP contribution in [0.25, 0.3) is 0 Å². The van der Waals surface area contributed by atoms with E-state index in [-0.39, 0.29) is 6.10 Å². The molecule has 1 aliphatic heterocycles. The maximum absolute atomic E-state index is 7.35. The van der Waals surface area contributed by atoms with Crippen LogP contribution in [-0.2, 0) is 4.74 Å². The molecule has 1 aromatic carbocycles. The molecule has 0 bridgehead atoms. The molecule has 1 saturated heterocycles. The molecule has 0 radical (unpaired) electrons. The number of benzene rings is 1. The third kappa shape index (κ3) is 1.65. The van der Waals surface area contributed by atoms with E-state index in [0.29, 0.717) is 6.04 Å². The van der Waals surface area contributed by atoms with E-state index in [0.717, 1.165) is 25.3 Å². The molecule has 1 aliphatic rings. The molecule has 64 valence electrons. The highest BCUT2D eigenvalue weighted by atomic mass is 16.5. The average molecular weight is 164 g/mol. The number of hydrogen-bond donors (Lipinski definition) is 1. The molecule has 12 heavy (non-hydrogen) atoms. The zero-order valence-electron chi connectivity index (χ0n) is 7.92. The largest absolute Gasteiger partial charge is 0.371 e. The normalized spacial score (nSPS) is 25.0. The molecule has 0 saturated carbocycles. The highest BCUT2D eigenvalue weighted by molar-refractivity contribution is 5.18. The van der Waals surface area contributed by atoms with Crippen LogP contribution in [0.4, 0.5) is 0 Å². The Morgan fingerprint density at radius 3 is 3.00 bits per heavy atom. The highest BCUT2D eigenvalue weighted by Gasteiger charge is 2.14. The Balaban J connectivity index is 2.10. The molecule has 2 nitrogen and oxygen atoms in total. The number of rotatable bonds is 1. The van der Waals surface area contributed by atoms with E-state index in [9.17, 15) is 0 Å². The van der Waals surface area contributed by atoms with E-state index in [4.69, 9.17) is 6.11 Å². The van der Waals surface area contributed by atoms with Gasteiger partial charge in [0.15, 0.2) is 0 Å². The number of nitrogens with one attached hydrogen (secondary N) is 1. The SMILES string of the molecule is [2H]c1ccc(C2CNCCO2)cc1. The number of morpholine rings is 1. The standard InChI is InChI=1S/C10H13NO/c1-2-4-9(5-3-1)10-8-11-6-7-12-10/h1-5,10-11H,6-8H2/i1D. The van der Waals surface area contributed by atoms with Gasteiger partial charge >= 0.3 is 0 Å². The van der Waals surface area contributed by atoms with Gasteiger partial charge in [0.1, 0.15) is 0 Å². The van der Waals surface area contributed by atoms with Gasteiger partial charge in [0.25, 0.3) is 0 Å². The molecule has 0 amide bonds. The molecule has 1 unspecified atom stereocenters. The summed E-state index contributed by atoms with van der Waals surface area (Å²) in [5.74, 6) is 0. The minimum absolute atomic E-state index is 0.161. The summed E-state index contributed by atoms with van der Waals surface area (Å²) in [6.07, 6.45) is 0.161. The zero-order chi connectivity index (χ0) is 9.10. The summed E-state index contributed by atoms with van der Waals surface area (Å²) in [4.78, 5) is 0. The second kappa shape index (κ2) is 3.70. The molecule has 2 rings (SSSR count). The van der Waals surface area contributed by atoms with Crippen molar-refractivity contribution in [1.82, 2.24) is 5.32 Å². The van der Waals surface area contributed by atoms with Gasteiger partial charge in [-0.1, -0.05) is 30.3 Å². The second-order valence-corrected chi connectivity index (χ2v) is 2.90. The average Bonchev–Trinajstić information content (AvgIpc) is 2.20. The Labute approximate surface area is 74.0 Å². The number of hydrogen-bond acceptors (Lipinski definition) is 2. The smallest absolute Gasteiger partial charge is 0.0949 e. The summed E-state index contributed by atoms with van der Waals surface area (Å²) in [5.41, 5.74) is 1.16. The predicted molar refractivity (Wildman–Crippen MR) is 48.0 cm³/mol. The molecule has 1 fully saturated rings. The van der Waals surface area contributed by atoms with E-state index < -0.39 is 0 Å². The van der Waals surface area contributed by atoms with E-state index in [2.05, 4.69) is 5.32 Å². The van der Waals surface area contributed by atoms with E-state index in [1.807, 2.05) is 12.1 Å². The van der Waals surface area contributed by atoms with Crippen LogP contribution in [0.5, 0.6) is 0 Å². The van der Waals surface area contributed by atoms with Crippen molar-refractivity contribution in [2.24, 2.45) is 0 Å². The van der Waals surface area contributed by atoms with Crippen LogP contribution in [0.15, 0.2) is 30.3 Å². The lowest BCUT2D eigenvalue weighted by Crippen LogP contribution is -2.33. The molecular weight excluding hydrogens is 150 g/mol. The fourth-order valence-corrected chi connectivity index (χ4v) is 1.39. The van der Waals surface area contributed by atoms with Crippen molar-refractivity contribution in [1.29, 1.82) is 0 Å². The third-order valence-corrected chi connectivity index (χ3v) is 2.04. The van der Waals surface area contributed by atoms with Crippen LogP contribution in [0.1, 0.15) is 13.0 Å². The lowest BCUT2D eigenvalue weighted by atomic mass is 10.1. The van der Waals surface area contributed by atoms with Crippen molar-refractivity contribution in [3.63, 3.8) is 0 Å². The van der Waals surface area contributed by atoms with Gasteiger partial charge in [-0.15, -0.1) is 0 Å². The monoisotopic (exact) mass is 164 g/mol. The summed E-state index contributed by atoms with van der Waals surface area (Å²) >= 11 is 0. The lowest BCUT2D eigenvalue weighted by Gasteiger charge is -2.23. The minimum atomic E-state index is 0.161. The summed E-state index contributed by atoms with van der Waals surface area (Å²) in [5, 5.41) is 3.28. The molecule has 0 spiro atoms. The van der Waals surface area contributed by atoms with Crippen molar-refractivity contribution >= 4 is 0 Å². The van der Waals surface area contributed by atoms with E-state index in [1.54, 1.807) is 12.1 Å². The summed E-state index contributed by atoms with van der Waals surface area (Å²) < 4.78 is 12.9. The summed E-state index contributed by atoms with van der Waals surface area (Å²) in [6.45, 7) is 2.58. The first-order valence-electron chi connectivity index (χ1n) is 4.75. The maximum atomic E-state index is 7.35. The summed E-state index contributed by atoms with van der Waals surface area (Å²) in [6, 6.07) is 8.06. The molecule has 0 aromatic heterocycles. The molecule has 2 heteroatoms. The second-order valence-electron chi connectivity index (χ2n) is 2.90. The van der Waals surface area contributed by atoms with Crippen LogP contribution in [0, 0.1) is 0 Å². The van der Waals surface area contributed by atoms with Crippen LogP contribution >= 0.6 is 0 Å². The maximum Gasteiger partial charge on any atom is 0.0949 e. The van der Waals surface area contributed by atoms with Gasteiger partial charge in [0.2, 0.25) is 0 Å². The fraction of sp³-hybridized carbons (Fsp3) is 0.400. The van der Waals surface area contributed by atoms with Crippen molar-refractivity contribution in [3.8, 4) is 0 Å². The van der Waals surface area contributed by atoms with Crippen molar-refractivity contribution < 1.29 is 6.11 Å². The molecule has 0 aliphatic carbocycles. The van der Waals surface area contributed by atoms with Crippen molar-refractivity contribution in [2.75, 3.05) is 19.7 Å². The Kier molecular flexibility index (Phi) is 2.04. The molecule has 1 heterocycles. The van der Waals surface area contributed by atoms with Gasteiger partial charge in [-0.3, -0.25) is 0 Å². The van der Waals surface area contributed by atoms with Gasteiger partial charge in [0, 0.05) is 13.1 Å². The van der Waals surface area contributed by atoms with Crippen molar-refractivity contribution in [2.45, 2.75) is 6.10 Å². The van der Waals surface area contributed by atoms with E-state index in [1.165, 1.54) is 0 Å². The van der Waals surface area contributed by atoms with Crippen LogP contribution in [0.2, 0.25) is 0 Å². The first-order valence-corrected chi connectivity index (χ1v) is 4.25. The van der Waals surface area contributed by atoms with Crippen LogP contribution < -0.4 is 5.32 Å². The Morgan fingerprint density at radius 1 is 1.50 bits per heavy atom. The predicted octanol–water partition coefficient (Wildman–Crippen LogP) is 1.35. The Morgan fingerprint density at radius 2 is 2.33 bits per heavy atom. The van der Waals surface area contributed by atoms with E-state index >= 15 is 0 Å². The van der Waals surface area contributed by atoms with Crippen LogP contribution in [0.3, 0.4) is 0 Å². The van der Waals surface area contributed by atoms with Crippen LogP contribution in [-0.4, -0.2) is 19.7 Å². The quantitative estimate of drug-likeness (QED) is 0.676. The fourth-order valence-electron chi connectivity index (χ4n) is 1.39. The van der Waals surface area contributed by atoms with Crippen molar-refractivity contribution in [3.05, 3.63) is 35.9 Å². The highest BCUT2D eigenvalue weighted by Crippen LogP contribution is 2.17. The minimum Gasteiger partial charge on any atom is -0.371 e. The molecule has 1 atom stereocenters. The summed E-state index contributed by atoms with van der Waals surface area (Å²) in [7, 11) is 0. The third-order valence-electron chi connectivity index (χ3n) is 2.04. The van der Waals surface area contributed by atoms with Gasteiger partial charge in [-0.2, -0.15) is 0 Å². The first-order chi connectivity index (χ1) is 6.36. The molecular formula is C10H13NO. The lowest BCUT2D eigenvalue weighted by molar-refractivity contribution is 0.0277.